The van der Waals surface area contributed by atoms with Crippen molar-refractivity contribution in [1.29, 1.82) is 0 Å². The number of esters is 1. The van der Waals surface area contributed by atoms with Gasteiger partial charge in [-0.25, -0.2) is 31.1 Å². The molecule has 0 amide bonds. The molecule has 0 N–H and O–H groups in total. The molecule has 0 fully saturated rings. The molecule has 5 nitrogen and oxygen atoms in total. The minimum atomic E-state index is -2.39. The molecule has 1 heterocycles. The Hall–Kier alpha value is -4.16. The third-order valence-electron chi connectivity index (χ3n) is 4.72. The van der Waals surface area contributed by atoms with Crippen molar-refractivity contribution in [2.75, 3.05) is 0 Å². The second-order valence-electron chi connectivity index (χ2n) is 7.02. The van der Waals surface area contributed by atoms with E-state index in [-0.39, 0.29) is 28.0 Å². The smallest absolute Gasteiger partial charge is 0.352 e. The second kappa shape index (κ2) is 8.89. The van der Waals surface area contributed by atoms with Gasteiger partial charge in [0.25, 0.3) is 0 Å². The molecule has 182 valence electrons. The number of aromatic nitrogens is 1. The topological polar surface area (TPSA) is 61.6 Å². The fourth-order valence-corrected chi connectivity index (χ4v) is 2.99. The summed E-state index contributed by atoms with van der Waals surface area (Å²) in [7, 11) is 0. The molecule has 35 heavy (non-hydrogen) atoms. The number of rotatable bonds is 5. The van der Waals surface area contributed by atoms with E-state index in [9.17, 15) is 39.9 Å². The van der Waals surface area contributed by atoms with Crippen molar-refractivity contribution in [3.8, 4) is 22.8 Å². The summed E-state index contributed by atoms with van der Waals surface area (Å²) in [5, 5.41) is 3.85. The predicted molar refractivity (Wildman–Crippen MR) is 101 cm³/mol. The Kier molecular flexibility index (Phi) is 6.09. The fourth-order valence-electron chi connectivity index (χ4n) is 2.99. The van der Waals surface area contributed by atoms with Crippen molar-refractivity contribution >= 4 is 16.9 Å². The van der Waals surface area contributed by atoms with E-state index in [2.05, 4.69) is 9.89 Å². The quantitative estimate of drug-likeness (QED) is 0.110. The number of hydrogen-bond donors (Lipinski definition) is 0. The van der Waals surface area contributed by atoms with Crippen molar-refractivity contribution in [2.24, 2.45) is 0 Å². The molecule has 0 saturated heterocycles. The largest absolute Gasteiger partial charge is 0.473 e. The Morgan fingerprint density at radius 2 is 1.40 bits per heavy atom. The van der Waals surface area contributed by atoms with Crippen molar-refractivity contribution in [1.82, 2.24) is 5.16 Å². The van der Waals surface area contributed by atoms with Crippen LogP contribution >= 0.6 is 0 Å². The molecule has 1 atom stereocenters. The van der Waals surface area contributed by atoms with Crippen LogP contribution in [0.15, 0.2) is 34.9 Å². The molecular weight excluding hydrogens is 494 g/mol. The van der Waals surface area contributed by atoms with Gasteiger partial charge in [0.2, 0.25) is 29.1 Å². The first-order valence-electron chi connectivity index (χ1n) is 9.43. The van der Waals surface area contributed by atoms with Crippen molar-refractivity contribution in [3.63, 3.8) is 0 Å². The third-order valence-corrected chi connectivity index (χ3v) is 4.72. The minimum Gasteiger partial charge on any atom is -0.473 e. The summed E-state index contributed by atoms with van der Waals surface area (Å²) >= 11 is 0. The number of halogens is 8. The van der Waals surface area contributed by atoms with Gasteiger partial charge in [0.05, 0.1) is 0 Å². The zero-order valence-electron chi connectivity index (χ0n) is 17.1. The third kappa shape index (κ3) is 4.24. The maximum absolute atomic E-state index is 13.8. The lowest BCUT2D eigenvalue weighted by molar-refractivity contribution is -0.141. The van der Waals surface area contributed by atoms with Gasteiger partial charge in [-0.05, 0) is 31.2 Å². The predicted octanol–water partition coefficient (Wildman–Crippen LogP) is 5.98. The highest BCUT2D eigenvalue weighted by atomic mass is 19.2. The molecule has 0 aliphatic rings. The van der Waals surface area contributed by atoms with E-state index in [1.807, 2.05) is 0 Å². The van der Waals surface area contributed by atoms with Crippen molar-refractivity contribution in [2.45, 2.75) is 13.0 Å². The second-order valence-corrected chi connectivity index (χ2v) is 7.02. The first kappa shape index (κ1) is 24.0. The van der Waals surface area contributed by atoms with Gasteiger partial charge in [-0.15, -0.1) is 0 Å². The molecule has 0 bridgehead atoms. The lowest BCUT2D eigenvalue weighted by Crippen LogP contribution is -2.29. The molecule has 0 radical (unpaired) electrons. The number of benzene rings is 3. The molecule has 4 aromatic rings. The normalized spacial score (nSPS) is 12.1. The van der Waals surface area contributed by atoms with Crippen LogP contribution in [0, 0.1) is 46.5 Å². The van der Waals surface area contributed by atoms with Crippen LogP contribution in [0.2, 0.25) is 0 Å². The van der Waals surface area contributed by atoms with E-state index < -0.39 is 64.4 Å². The van der Waals surface area contributed by atoms with Gasteiger partial charge in [0, 0.05) is 17.0 Å². The number of nitrogens with zero attached hydrogens (tertiary/aromatic N) is 1. The van der Waals surface area contributed by atoms with Gasteiger partial charge in [-0.2, -0.15) is 8.78 Å². The summed E-state index contributed by atoms with van der Waals surface area (Å²) in [5.41, 5.74) is -0.239. The van der Waals surface area contributed by atoms with E-state index in [0.29, 0.717) is 12.1 Å². The molecule has 4 rings (SSSR count). The Morgan fingerprint density at radius 1 is 0.829 bits per heavy atom. The maximum atomic E-state index is 13.8. The van der Waals surface area contributed by atoms with Crippen LogP contribution in [0.4, 0.5) is 35.1 Å². The molecule has 3 aromatic carbocycles. The summed E-state index contributed by atoms with van der Waals surface area (Å²) < 4.78 is 122. The van der Waals surface area contributed by atoms with Gasteiger partial charge in [-0.3, -0.25) is 0 Å². The van der Waals surface area contributed by atoms with Gasteiger partial charge >= 0.3 is 5.97 Å². The molecule has 0 spiro atoms. The summed E-state index contributed by atoms with van der Waals surface area (Å²) in [6.07, 6.45) is -1.82. The van der Waals surface area contributed by atoms with E-state index >= 15 is 0 Å². The number of ether oxygens (including phenoxy) is 2. The highest BCUT2D eigenvalue weighted by Crippen LogP contribution is 2.33. The van der Waals surface area contributed by atoms with Gasteiger partial charge < -0.3 is 14.0 Å². The first-order valence-corrected chi connectivity index (χ1v) is 9.43. The lowest BCUT2D eigenvalue weighted by Gasteiger charge is -2.15. The lowest BCUT2D eigenvalue weighted by atomic mass is 10.1. The molecule has 1 unspecified atom stereocenters. The zero-order valence-corrected chi connectivity index (χ0v) is 17.1. The Bertz CT molecular complexity index is 1430. The van der Waals surface area contributed by atoms with Crippen LogP contribution in [0.3, 0.4) is 0 Å². The Balaban J connectivity index is 1.55. The average molecular weight is 503 g/mol. The van der Waals surface area contributed by atoms with E-state index in [0.717, 1.165) is 13.0 Å². The van der Waals surface area contributed by atoms with Crippen LogP contribution in [0.1, 0.15) is 6.92 Å². The number of carbonyl (C=O) groups is 1. The molecule has 0 saturated carbocycles. The molecule has 13 heteroatoms. The molecular formula is C22H9F8NO4. The van der Waals surface area contributed by atoms with Crippen LogP contribution in [0.25, 0.3) is 22.2 Å². The highest BCUT2D eigenvalue weighted by Gasteiger charge is 2.30. The summed E-state index contributed by atoms with van der Waals surface area (Å²) in [6.45, 7) is 0.934. The average Bonchev–Trinajstić information content (AvgIpc) is 3.25. The minimum absolute atomic E-state index is 0.0382. The molecule has 1 aromatic heterocycles. The summed E-state index contributed by atoms with van der Waals surface area (Å²) in [5.74, 6) is -19.2. The standard InChI is InChI=1S/C22H9F8NO4/c1-7(33-21-18(29)16(27)15(26)17(28)19(21)30)22(32)34-9-2-3-10-13(6-9)35-31-20(10)8-4-11(23)14(25)12(24)5-8/h2-7H,1H3. The number of hydrogen-bond acceptors (Lipinski definition) is 5. The number of carbonyl (C=O) groups excluding carboxylic acids is 1. The Morgan fingerprint density at radius 3 is 2.00 bits per heavy atom. The SMILES string of the molecule is CC(Oc1c(F)c(F)c(F)c(F)c1F)C(=O)Oc1ccc2c(-c3cc(F)c(F)c(F)c3)noc2c1. The summed E-state index contributed by atoms with van der Waals surface area (Å²) in [4.78, 5) is 12.2. The van der Waals surface area contributed by atoms with Crippen LogP contribution < -0.4 is 9.47 Å². The monoisotopic (exact) mass is 503 g/mol. The van der Waals surface area contributed by atoms with Crippen molar-refractivity contribution in [3.05, 3.63) is 76.9 Å². The highest BCUT2D eigenvalue weighted by molar-refractivity contribution is 5.92. The maximum Gasteiger partial charge on any atom is 0.352 e. The number of fused-ring (bicyclic) bond motifs is 1. The summed E-state index contributed by atoms with van der Waals surface area (Å²) in [6, 6.07) is 4.97. The zero-order chi connectivity index (χ0) is 25.6. The van der Waals surface area contributed by atoms with Gasteiger partial charge in [0.15, 0.2) is 34.9 Å². The van der Waals surface area contributed by atoms with E-state index in [1.54, 1.807) is 0 Å². The van der Waals surface area contributed by atoms with E-state index in [1.165, 1.54) is 12.1 Å². The van der Waals surface area contributed by atoms with Gasteiger partial charge in [-0.1, -0.05) is 5.16 Å². The van der Waals surface area contributed by atoms with Crippen LogP contribution in [-0.2, 0) is 4.79 Å². The van der Waals surface area contributed by atoms with Gasteiger partial charge in [0.1, 0.15) is 11.4 Å². The van der Waals surface area contributed by atoms with E-state index in [4.69, 9.17) is 9.26 Å². The van der Waals surface area contributed by atoms with Crippen molar-refractivity contribution < 1.29 is 53.9 Å². The van der Waals surface area contributed by atoms with Crippen LogP contribution in [-0.4, -0.2) is 17.2 Å². The first-order chi connectivity index (χ1) is 16.5. The molecule has 0 aliphatic carbocycles. The fraction of sp³-hybridized carbons (Fsp3) is 0.0909. The molecule has 0 aliphatic heterocycles. The van der Waals surface area contributed by atoms with Crippen LogP contribution in [0.5, 0.6) is 11.5 Å². The Labute approximate surface area is 189 Å².